The Morgan fingerprint density at radius 2 is 2.33 bits per heavy atom. The van der Waals surface area contributed by atoms with E-state index in [1.807, 2.05) is 0 Å². The smallest absolute Gasteiger partial charge is 0.146 e. The van der Waals surface area contributed by atoms with E-state index in [-0.39, 0.29) is 4.83 Å². The van der Waals surface area contributed by atoms with Crippen molar-refractivity contribution in [3.8, 4) is 0 Å². The number of rotatable bonds is 0. The molecule has 1 saturated carbocycles. The molecule has 9 heavy (non-hydrogen) atoms. The highest BCUT2D eigenvalue weighted by Gasteiger charge is 2.23. The van der Waals surface area contributed by atoms with Crippen LogP contribution in [0.2, 0.25) is 0 Å². The molecule has 0 aliphatic heterocycles. The maximum absolute atomic E-state index is 10.9. The minimum atomic E-state index is 0.154. The highest BCUT2D eigenvalue weighted by molar-refractivity contribution is 9.10. The molecular formula is C7H11BrO. The zero-order valence-corrected chi connectivity index (χ0v) is 7.15. The fraction of sp³-hybridized carbons (Fsp3) is 0.857. The third-order valence-corrected chi connectivity index (χ3v) is 2.73. The molecule has 0 aromatic carbocycles. The Kier molecular flexibility index (Phi) is 2.28. The van der Waals surface area contributed by atoms with Crippen molar-refractivity contribution >= 4 is 21.7 Å². The summed E-state index contributed by atoms with van der Waals surface area (Å²) in [6.45, 7) is 2.20. The molecule has 1 aliphatic rings. The van der Waals surface area contributed by atoms with Crippen LogP contribution in [0.15, 0.2) is 0 Å². The van der Waals surface area contributed by atoms with Crippen molar-refractivity contribution in [3.05, 3.63) is 0 Å². The van der Waals surface area contributed by atoms with Crippen LogP contribution in [0.4, 0.5) is 0 Å². The van der Waals surface area contributed by atoms with Gasteiger partial charge in [0.2, 0.25) is 0 Å². The number of hydrogen-bond acceptors (Lipinski definition) is 1. The third-order valence-electron chi connectivity index (χ3n) is 1.84. The quantitative estimate of drug-likeness (QED) is 0.536. The molecule has 0 aromatic rings. The van der Waals surface area contributed by atoms with Crippen molar-refractivity contribution in [3.63, 3.8) is 0 Å². The van der Waals surface area contributed by atoms with E-state index in [0.717, 1.165) is 25.2 Å². The number of hydrogen-bond donors (Lipinski definition) is 0. The highest BCUT2D eigenvalue weighted by Crippen LogP contribution is 2.25. The van der Waals surface area contributed by atoms with E-state index in [1.165, 1.54) is 0 Å². The zero-order chi connectivity index (χ0) is 6.85. The van der Waals surface area contributed by atoms with E-state index in [2.05, 4.69) is 22.9 Å². The van der Waals surface area contributed by atoms with E-state index in [0.29, 0.717) is 5.78 Å². The van der Waals surface area contributed by atoms with Crippen LogP contribution < -0.4 is 0 Å². The summed E-state index contributed by atoms with van der Waals surface area (Å²) in [5, 5.41) is 0. The molecule has 0 amide bonds. The van der Waals surface area contributed by atoms with Gasteiger partial charge in [0.25, 0.3) is 0 Å². The number of alkyl halides is 1. The second kappa shape index (κ2) is 2.82. The first-order valence-electron chi connectivity index (χ1n) is 3.37. The van der Waals surface area contributed by atoms with Gasteiger partial charge < -0.3 is 0 Å². The lowest BCUT2D eigenvalue weighted by atomic mass is 9.90. The summed E-state index contributed by atoms with van der Waals surface area (Å²) in [6, 6.07) is 0. The van der Waals surface area contributed by atoms with E-state index in [1.54, 1.807) is 0 Å². The second-order valence-corrected chi connectivity index (χ2v) is 3.92. The van der Waals surface area contributed by atoms with Crippen molar-refractivity contribution in [1.29, 1.82) is 0 Å². The number of carbonyl (C=O) groups is 1. The first kappa shape index (κ1) is 7.26. The minimum Gasteiger partial charge on any atom is -0.298 e. The van der Waals surface area contributed by atoms with Crippen molar-refractivity contribution < 1.29 is 4.79 Å². The van der Waals surface area contributed by atoms with Crippen LogP contribution >= 0.6 is 15.9 Å². The zero-order valence-electron chi connectivity index (χ0n) is 5.56. The van der Waals surface area contributed by atoms with Crippen molar-refractivity contribution in [1.82, 2.24) is 0 Å². The van der Waals surface area contributed by atoms with Gasteiger partial charge in [0.05, 0.1) is 4.83 Å². The van der Waals surface area contributed by atoms with Crippen molar-refractivity contribution in [2.75, 3.05) is 0 Å². The van der Waals surface area contributed by atoms with Gasteiger partial charge in [0.15, 0.2) is 0 Å². The predicted octanol–water partition coefficient (Wildman–Crippen LogP) is 2.14. The highest BCUT2D eigenvalue weighted by atomic mass is 79.9. The Balaban J connectivity index is 2.44. The van der Waals surface area contributed by atoms with Gasteiger partial charge >= 0.3 is 0 Å². The lowest BCUT2D eigenvalue weighted by Gasteiger charge is -2.20. The Morgan fingerprint density at radius 3 is 2.78 bits per heavy atom. The fourth-order valence-electron chi connectivity index (χ4n) is 1.15. The Labute approximate surface area is 64.0 Å². The molecular weight excluding hydrogens is 180 g/mol. The summed E-state index contributed by atoms with van der Waals surface area (Å²) in [7, 11) is 0. The summed E-state index contributed by atoms with van der Waals surface area (Å²) in [5.41, 5.74) is 0. The molecule has 2 atom stereocenters. The Hall–Kier alpha value is 0.150. The van der Waals surface area contributed by atoms with Gasteiger partial charge in [-0.2, -0.15) is 0 Å². The first-order chi connectivity index (χ1) is 4.20. The number of Topliss-reactive ketones (excluding diaryl/α,β-unsaturated/α-hetero) is 1. The third kappa shape index (κ3) is 1.78. The maximum atomic E-state index is 10.9. The summed E-state index contributed by atoms with van der Waals surface area (Å²) < 4.78 is 0. The molecule has 1 rings (SSSR count). The van der Waals surface area contributed by atoms with E-state index in [9.17, 15) is 4.79 Å². The summed E-state index contributed by atoms with van der Waals surface area (Å²) in [5.74, 6) is 1.11. The average Bonchev–Trinajstić information content (AvgIpc) is 1.80. The van der Waals surface area contributed by atoms with E-state index in [4.69, 9.17) is 0 Å². The van der Waals surface area contributed by atoms with Gasteiger partial charge in [0, 0.05) is 6.42 Å². The van der Waals surface area contributed by atoms with Gasteiger partial charge in [-0.1, -0.05) is 22.9 Å². The Bertz CT molecular complexity index is 122. The standard InChI is InChI=1S/C7H11BrO/c1-5-2-3-7(9)6(8)4-5/h5-6H,2-4H2,1H3. The predicted molar refractivity (Wildman–Crippen MR) is 40.7 cm³/mol. The molecule has 2 heteroatoms. The van der Waals surface area contributed by atoms with Crippen LogP contribution in [-0.4, -0.2) is 10.6 Å². The van der Waals surface area contributed by atoms with Crippen molar-refractivity contribution in [2.45, 2.75) is 31.0 Å². The van der Waals surface area contributed by atoms with Crippen LogP contribution in [0.5, 0.6) is 0 Å². The van der Waals surface area contributed by atoms with Crippen LogP contribution in [0.1, 0.15) is 26.2 Å². The molecule has 0 heterocycles. The normalized spacial score (nSPS) is 36.9. The first-order valence-corrected chi connectivity index (χ1v) is 4.28. The molecule has 0 N–H and O–H groups in total. The molecule has 0 spiro atoms. The van der Waals surface area contributed by atoms with Gasteiger partial charge in [0.1, 0.15) is 5.78 Å². The van der Waals surface area contributed by atoms with Crippen LogP contribution in [0.25, 0.3) is 0 Å². The molecule has 0 saturated heterocycles. The molecule has 52 valence electrons. The molecule has 2 unspecified atom stereocenters. The maximum Gasteiger partial charge on any atom is 0.146 e. The van der Waals surface area contributed by atoms with Crippen molar-refractivity contribution in [2.24, 2.45) is 5.92 Å². The number of carbonyl (C=O) groups excluding carboxylic acids is 1. The molecule has 0 aromatic heterocycles. The van der Waals surface area contributed by atoms with E-state index >= 15 is 0 Å². The largest absolute Gasteiger partial charge is 0.298 e. The number of ketones is 1. The van der Waals surface area contributed by atoms with Gasteiger partial charge in [-0.25, -0.2) is 0 Å². The molecule has 0 bridgehead atoms. The minimum absolute atomic E-state index is 0.154. The van der Waals surface area contributed by atoms with E-state index < -0.39 is 0 Å². The number of halogens is 1. The Morgan fingerprint density at radius 1 is 1.67 bits per heavy atom. The SMILES string of the molecule is CC1CCC(=O)C(Br)C1. The van der Waals surface area contributed by atoms with Gasteiger partial charge in [-0.15, -0.1) is 0 Å². The van der Waals surface area contributed by atoms with Gasteiger partial charge in [-0.05, 0) is 18.8 Å². The topological polar surface area (TPSA) is 17.1 Å². The monoisotopic (exact) mass is 190 g/mol. The lowest BCUT2D eigenvalue weighted by molar-refractivity contribution is -0.120. The second-order valence-electron chi connectivity index (χ2n) is 2.81. The van der Waals surface area contributed by atoms with Crippen LogP contribution in [0, 0.1) is 5.92 Å². The van der Waals surface area contributed by atoms with Gasteiger partial charge in [-0.3, -0.25) is 4.79 Å². The average molecular weight is 191 g/mol. The molecule has 1 fully saturated rings. The fourth-order valence-corrected chi connectivity index (χ4v) is 2.01. The molecule has 1 nitrogen and oxygen atoms in total. The lowest BCUT2D eigenvalue weighted by Crippen LogP contribution is -2.23. The summed E-state index contributed by atoms with van der Waals surface area (Å²) in [6.07, 6.45) is 2.89. The van der Waals surface area contributed by atoms with Crippen LogP contribution in [0.3, 0.4) is 0 Å². The summed E-state index contributed by atoms with van der Waals surface area (Å²) in [4.78, 5) is 11.0. The molecule has 0 radical (unpaired) electrons. The molecule has 1 aliphatic carbocycles. The summed E-state index contributed by atoms with van der Waals surface area (Å²) >= 11 is 3.34. The van der Waals surface area contributed by atoms with Crippen LogP contribution in [-0.2, 0) is 4.79 Å².